The lowest BCUT2D eigenvalue weighted by Crippen LogP contribution is -2.35. The maximum Gasteiger partial charge on any atom is 0.193 e. The smallest absolute Gasteiger partial charge is 0.193 e. The molecule has 0 atom stereocenters. The van der Waals surface area contributed by atoms with Gasteiger partial charge in [-0.3, -0.25) is 4.99 Å². The Balaban J connectivity index is 0.00000288. The number of para-hydroxylation sites is 1. The van der Waals surface area contributed by atoms with Crippen LogP contribution in [0.15, 0.2) is 29.3 Å². The van der Waals surface area contributed by atoms with Crippen LogP contribution in [0, 0.1) is 5.41 Å². The van der Waals surface area contributed by atoms with Gasteiger partial charge in [-0.05, 0) is 37.7 Å². The first-order valence-corrected chi connectivity index (χ1v) is 8.41. The first-order valence-electron chi connectivity index (χ1n) is 8.41. The standard InChI is InChI=1S/C18H29N3O2.HI/c1-3-23-12-11-18(9-6-10-18)14-20-17(19)21-16-8-5-4-7-15(16)13-22-2;/h4-5,7-8H,3,6,9-14H2,1-2H3,(H3,19,20,21);1H. The molecule has 1 fully saturated rings. The van der Waals surface area contributed by atoms with Gasteiger partial charge >= 0.3 is 0 Å². The molecular formula is C18H30IN3O2. The summed E-state index contributed by atoms with van der Waals surface area (Å²) in [5.74, 6) is 0.469. The molecule has 0 bridgehead atoms. The number of nitrogens with one attached hydrogen (secondary N) is 1. The van der Waals surface area contributed by atoms with Gasteiger partial charge in [0.15, 0.2) is 5.96 Å². The van der Waals surface area contributed by atoms with Crippen molar-refractivity contribution in [2.24, 2.45) is 16.1 Å². The van der Waals surface area contributed by atoms with Crippen molar-refractivity contribution in [1.29, 1.82) is 0 Å². The summed E-state index contributed by atoms with van der Waals surface area (Å²) < 4.78 is 10.7. The molecule has 5 nitrogen and oxygen atoms in total. The highest BCUT2D eigenvalue weighted by atomic mass is 127. The van der Waals surface area contributed by atoms with Gasteiger partial charge < -0.3 is 20.5 Å². The third-order valence-corrected chi connectivity index (χ3v) is 4.56. The summed E-state index contributed by atoms with van der Waals surface area (Å²) in [7, 11) is 1.69. The number of anilines is 1. The van der Waals surface area contributed by atoms with Crippen LogP contribution in [0.3, 0.4) is 0 Å². The molecule has 136 valence electrons. The topological polar surface area (TPSA) is 68.9 Å². The van der Waals surface area contributed by atoms with E-state index < -0.39 is 0 Å². The lowest BCUT2D eigenvalue weighted by Gasteiger charge is -2.40. The maximum atomic E-state index is 6.08. The van der Waals surface area contributed by atoms with E-state index >= 15 is 0 Å². The van der Waals surface area contributed by atoms with Crippen LogP contribution in [0.25, 0.3) is 0 Å². The number of hydrogen-bond acceptors (Lipinski definition) is 3. The predicted octanol–water partition coefficient (Wildman–Crippen LogP) is 3.77. The van der Waals surface area contributed by atoms with E-state index in [1.807, 2.05) is 31.2 Å². The van der Waals surface area contributed by atoms with E-state index in [4.69, 9.17) is 15.2 Å². The number of ether oxygens (including phenoxy) is 2. The molecule has 0 spiro atoms. The van der Waals surface area contributed by atoms with E-state index in [1.54, 1.807) is 7.11 Å². The predicted molar refractivity (Wildman–Crippen MR) is 110 cm³/mol. The van der Waals surface area contributed by atoms with Crippen molar-refractivity contribution in [2.45, 2.75) is 39.2 Å². The van der Waals surface area contributed by atoms with E-state index in [0.29, 0.717) is 12.6 Å². The molecule has 24 heavy (non-hydrogen) atoms. The first kappa shape index (κ1) is 21.2. The van der Waals surface area contributed by atoms with Crippen LogP contribution in [0.4, 0.5) is 5.69 Å². The number of rotatable bonds is 9. The molecule has 2 rings (SSSR count). The van der Waals surface area contributed by atoms with E-state index in [0.717, 1.165) is 37.4 Å². The minimum atomic E-state index is 0. The van der Waals surface area contributed by atoms with Gasteiger partial charge in [-0.1, -0.05) is 24.6 Å². The van der Waals surface area contributed by atoms with E-state index in [9.17, 15) is 0 Å². The molecule has 1 aromatic carbocycles. The van der Waals surface area contributed by atoms with Crippen LogP contribution in [-0.4, -0.2) is 32.8 Å². The number of guanidine groups is 1. The Morgan fingerprint density at radius 3 is 2.71 bits per heavy atom. The Labute approximate surface area is 162 Å². The minimum absolute atomic E-state index is 0. The van der Waals surface area contributed by atoms with E-state index in [-0.39, 0.29) is 29.4 Å². The van der Waals surface area contributed by atoms with Gasteiger partial charge in [0, 0.05) is 38.1 Å². The molecule has 6 heteroatoms. The van der Waals surface area contributed by atoms with Gasteiger partial charge in [0.2, 0.25) is 0 Å². The molecule has 0 amide bonds. The Bertz CT molecular complexity index is 519. The van der Waals surface area contributed by atoms with Crippen molar-refractivity contribution < 1.29 is 9.47 Å². The van der Waals surface area contributed by atoms with Crippen molar-refractivity contribution in [2.75, 3.05) is 32.2 Å². The van der Waals surface area contributed by atoms with Crippen LogP contribution >= 0.6 is 24.0 Å². The van der Waals surface area contributed by atoms with Crippen LogP contribution in [0.2, 0.25) is 0 Å². The summed E-state index contributed by atoms with van der Waals surface area (Å²) in [4.78, 5) is 4.58. The fourth-order valence-corrected chi connectivity index (χ4v) is 2.95. The molecule has 0 aromatic heterocycles. The monoisotopic (exact) mass is 447 g/mol. The molecule has 0 saturated heterocycles. The van der Waals surface area contributed by atoms with Crippen LogP contribution in [0.5, 0.6) is 0 Å². The SMILES string of the molecule is CCOCCC1(CN=C(N)Nc2ccccc2COC)CCC1.I. The number of nitrogens with two attached hydrogens (primary N) is 1. The second kappa shape index (κ2) is 10.9. The quantitative estimate of drug-likeness (QED) is 0.262. The summed E-state index contributed by atoms with van der Waals surface area (Å²) >= 11 is 0. The van der Waals surface area contributed by atoms with Gasteiger partial charge in [-0.2, -0.15) is 0 Å². The van der Waals surface area contributed by atoms with E-state index in [2.05, 4.69) is 10.3 Å². The molecule has 0 aliphatic heterocycles. The zero-order valence-electron chi connectivity index (χ0n) is 14.7. The van der Waals surface area contributed by atoms with E-state index in [1.165, 1.54) is 19.3 Å². The second-order valence-corrected chi connectivity index (χ2v) is 6.22. The third kappa shape index (κ3) is 6.22. The zero-order valence-corrected chi connectivity index (χ0v) is 17.0. The van der Waals surface area contributed by atoms with Crippen molar-refractivity contribution in [3.8, 4) is 0 Å². The molecule has 0 unspecified atom stereocenters. The van der Waals surface area contributed by atoms with Crippen molar-refractivity contribution >= 4 is 35.6 Å². The van der Waals surface area contributed by atoms with Crippen molar-refractivity contribution in [3.05, 3.63) is 29.8 Å². The Morgan fingerprint density at radius 1 is 1.33 bits per heavy atom. The summed E-state index contributed by atoms with van der Waals surface area (Å²) in [6.45, 7) is 4.94. The Morgan fingerprint density at radius 2 is 2.08 bits per heavy atom. The normalized spacial score (nSPS) is 16.2. The molecule has 1 saturated carbocycles. The highest BCUT2D eigenvalue weighted by Gasteiger charge is 2.36. The van der Waals surface area contributed by atoms with Gasteiger partial charge in [0.25, 0.3) is 0 Å². The molecule has 0 heterocycles. The lowest BCUT2D eigenvalue weighted by molar-refractivity contribution is 0.0610. The summed E-state index contributed by atoms with van der Waals surface area (Å²) in [5.41, 5.74) is 8.39. The second-order valence-electron chi connectivity index (χ2n) is 6.22. The molecule has 3 N–H and O–H groups in total. The molecule has 1 aromatic rings. The number of benzene rings is 1. The Hall–Kier alpha value is -0.860. The van der Waals surface area contributed by atoms with Gasteiger partial charge in [0.05, 0.1) is 6.61 Å². The first-order chi connectivity index (χ1) is 11.2. The highest BCUT2D eigenvalue weighted by molar-refractivity contribution is 14.0. The van der Waals surface area contributed by atoms with Gasteiger partial charge in [-0.25, -0.2) is 0 Å². The maximum absolute atomic E-state index is 6.08. The largest absolute Gasteiger partial charge is 0.382 e. The van der Waals surface area contributed by atoms with Crippen LogP contribution < -0.4 is 11.1 Å². The summed E-state index contributed by atoms with van der Waals surface area (Å²) in [5, 5.41) is 3.20. The van der Waals surface area contributed by atoms with Crippen molar-refractivity contribution in [3.63, 3.8) is 0 Å². The number of methoxy groups -OCH3 is 1. The molecule has 1 aliphatic carbocycles. The van der Waals surface area contributed by atoms with Crippen LogP contribution in [0.1, 0.15) is 38.2 Å². The van der Waals surface area contributed by atoms with Gasteiger partial charge in [-0.15, -0.1) is 24.0 Å². The summed E-state index contributed by atoms with van der Waals surface area (Å²) in [6, 6.07) is 7.98. The number of aliphatic imine (C=N–C) groups is 1. The highest BCUT2D eigenvalue weighted by Crippen LogP contribution is 2.44. The average molecular weight is 447 g/mol. The van der Waals surface area contributed by atoms with Crippen molar-refractivity contribution in [1.82, 2.24) is 0 Å². The average Bonchev–Trinajstić information content (AvgIpc) is 2.51. The molecular weight excluding hydrogens is 417 g/mol. The summed E-state index contributed by atoms with van der Waals surface area (Å²) in [6.07, 6.45) is 4.79. The molecule has 0 radical (unpaired) electrons. The number of nitrogens with zero attached hydrogens (tertiary/aromatic N) is 1. The lowest BCUT2D eigenvalue weighted by atomic mass is 9.67. The fourth-order valence-electron chi connectivity index (χ4n) is 2.95. The van der Waals surface area contributed by atoms with Gasteiger partial charge in [0.1, 0.15) is 0 Å². The molecule has 1 aliphatic rings. The minimum Gasteiger partial charge on any atom is -0.382 e. The number of hydrogen-bond donors (Lipinski definition) is 2. The zero-order chi connectivity index (χ0) is 16.5. The van der Waals surface area contributed by atoms with Crippen LogP contribution in [-0.2, 0) is 16.1 Å². The fraction of sp³-hybridized carbons (Fsp3) is 0.611. The third-order valence-electron chi connectivity index (χ3n) is 4.56. The Kier molecular flexibility index (Phi) is 9.61. The number of halogens is 1.